The first kappa shape index (κ1) is 23.6. The van der Waals surface area contributed by atoms with Crippen molar-refractivity contribution in [3.05, 3.63) is 53.1 Å². The smallest absolute Gasteiger partial charge is 0.262 e. The van der Waals surface area contributed by atoms with Gasteiger partial charge in [-0.2, -0.15) is 4.31 Å². The molecule has 0 aromatic heterocycles. The zero-order valence-electron chi connectivity index (χ0n) is 17.8. The number of hydrogen-bond donors (Lipinski definition) is 1. The summed E-state index contributed by atoms with van der Waals surface area (Å²) in [6.45, 7) is 2.98. The largest absolute Gasteiger partial charge is 0.482 e. The Balaban J connectivity index is 1.56. The Hall–Kier alpha value is -2.09. The second-order valence-corrected chi connectivity index (χ2v) is 10.0. The number of piperidine rings is 1. The van der Waals surface area contributed by atoms with E-state index in [2.05, 4.69) is 12.2 Å². The van der Waals surface area contributed by atoms with Crippen LogP contribution in [-0.4, -0.2) is 38.3 Å². The first-order valence-electron chi connectivity index (χ1n) is 10.7. The van der Waals surface area contributed by atoms with E-state index in [4.69, 9.17) is 16.3 Å². The Morgan fingerprint density at radius 2 is 1.81 bits per heavy atom. The number of hydrogen-bond acceptors (Lipinski definition) is 4. The van der Waals surface area contributed by atoms with Gasteiger partial charge in [0.2, 0.25) is 10.0 Å². The number of carbonyl (C=O) groups excluding carboxylic acids is 1. The van der Waals surface area contributed by atoms with Crippen LogP contribution in [0.3, 0.4) is 0 Å². The first-order chi connectivity index (χ1) is 14.9. The molecule has 0 aliphatic carbocycles. The van der Waals surface area contributed by atoms with Crippen LogP contribution in [0.25, 0.3) is 0 Å². The standard InChI is InChI=1S/C23H29ClN2O4S/c1-2-3-7-18-8-10-19(11-9-18)25-23(27)17-30-22-13-12-20(16-21(22)24)31(28,29)26-14-5-4-6-15-26/h8-13,16H,2-7,14-15,17H2,1H3,(H,25,27). The molecule has 1 amide bonds. The van der Waals surface area contributed by atoms with E-state index >= 15 is 0 Å². The molecular weight excluding hydrogens is 436 g/mol. The number of halogens is 1. The highest BCUT2D eigenvalue weighted by atomic mass is 35.5. The van der Waals surface area contributed by atoms with Crippen molar-refractivity contribution in [1.29, 1.82) is 0 Å². The summed E-state index contributed by atoms with van der Waals surface area (Å²) >= 11 is 6.24. The van der Waals surface area contributed by atoms with Crippen LogP contribution in [0.2, 0.25) is 5.02 Å². The van der Waals surface area contributed by atoms with Crippen molar-refractivity contribution in [3.8, 4) is 5.75 Å². The van der Waals surface area contributed by atoms with Crippen molar-refractivity contribution in [2.75, 3.05) is 25.0 Å². The van der Waals surface area contributed by atoms with Gasteiger partial charge in [0.15, 0.2) is 6.61 Å². The molecule has 0 spiro atoms. The van der Waals surface area contributed by atoms with Gasteiger partial charge in [-0.3, -0.25) is 4.79 Å². The number of nitrogens with one attached hydrogen (secondary N) is 1. The van der Waals surface area contributed by atoms with Gasteiger partial charge in [-0.1, -0.05) is 43.5 Å². The van der Waals surface area contributed by atoms with Gasteiger partial charge >= 0.3 is 0 Å². The SMILES string of the molecule is CCCCc1ccc(NC(=O)COc2ccc(S(=O)(=O)N3CCCCC3)cc2Cl)cc1. The molecule has 8 heteroatoms. The highest BCUT2D eigenvalue weighted by molar-refractivity contribution is 7.89. The van der Waals surface area contributed by atoms with Gasteiger partial charge in [0, 0.05) is 18.8 Å². The lowest BCUT2D eigenvalue weighted by Gasteiger charge is -2.26. The van der Waals surface area contributed by atoms with Gasteiger partial charge in [0.25, 0.3) is 5.91 Å². The van der Waals surface area contributed by atoms with E-state index in [1.165, 1.54) is 28.1 Å². The summed E-state index contributed by atoms with van der Waals surface area (Å²) in [5.74, 6) is -0.0493. The fourth-order valence-electron chi connectivity index (χ4n) is 3.49. The van der Waals surface area contributed by atoms with Crippen molar-refractivity contribution in [3.63, 3.8) is 0 Å². The minimum Gasteiger partial charge on any atom is -0.482 e. The van der Waals surface area contributed by atoms with Gasteiger partial charge < -0.3 is 10.1 Å². The minimum atomic E-state index is -3.57. The van der Waals surface area contributed by atoms with Crippen LogP contribution in [0.15, 0.2) is 47.4 Å². The van der Waals surface area contributed by atoms with E-state index in [9.17, 15) is 13.2 Å². The van der Waals surface area contributed by atoms with Gasteiger partial charge in [-0.15, -0.1) is 0 Å². The fourth-order valence-corrected chi connectivity index (χ4v) is 5.33. The van der Waals surface area contributed by atoms with Crippen LogP contribution in [0.1, 0.15) is 44.6 Å². The quantitative estimate of drug-likeness (QED) is 0.574. The minimum absolute atomic E-state index is 0.138. The van der Waals surface area contributed by atoms with Gasteiger partial charge in [0.05, 0.1) is 9.92 Å². The van der Waals surface area contributed by atoms with Crippen molar-refractivity contribution in [2.45, 2.75) is 50.3 Å². The van der Waals surface area contributed by atoms with Crippen molar-refractivity contribution >= 4 is 33.2 Å². The van der Waals surface area contributed by atoms with E-state index in [1.807, 2.05) is 24.3 Å². The Bertz CT molecular complexity index is 987. The van der Waals surface area contributed by atoms with Crippen LogP contribution >= 0.6 is 11.6 Å². The van der Waals surface area contributed by atoms with E-state index in [-0.39, 0.29) is 28.2 Å². The average Bonchev–Trinajstić information content (AvgIpc) is 2.78. The maximum absolute atomic E-state index is 12.8. The summed E-state index contributed by atoms with van der Waals surface area (Å²) in [7, 11) is -3.57. The van der Waals surface area contributed by atoms with Crippen LogP contribution in [0.4, 0.5) is 5.69 Å². The molecule has 1 aliphatic rings. The second-order valence-electron chi connectivity index (χ2n) is 7.69. The summed E-state index contributed by atoms with van der Waals surface area (Å²) in [5, 5.41) is 2.94. The average molecular weight is 465 g/mol. The fraction of sp³-hybridized carbons (Fsp3) is 0.435. The van der Waals surface area contributed by atoms with E-state index in [1.54, 1.807) is 0 Å². The molecule has 0 unspecified atom stereocenters. The lowest BCUT2D eigenvalue weighted by Crippen LogP contribution is -2.35. The van der Waals surface area contributed by atoms with Crippen LogP contribution in [-0.2, 0) is 21.2 Å². The van der Waals surface area contributed by atoms with Gasteiger partial charge in [-0.25, -0.2) is 8.42 Å². The summed E-state index contributed by atoms with van der Waals surface area (Å²) in [6.07, 6.45) is 6.08. The molecule has 168 valence electrons. The van der Waals surface area contributed by atoms with Crippen LogP contribution in [0.5, 0.6) is 5.75 Å². The number of amides is 1. The summed E-state index contributed by atoms with van der Waals surface area (Å²) in [5.41, 5.74) is 1.94. The molecule has 0 saturated carbocycles. The Morgan fingerprint density at radius 1 is 1.10 bits per heavy atom. The van der Waals surface area contributed by atoms with Gasteiger partial charge in [0.1, 0.15) is 5.75 Å². The number of carbonyl (C=O) groups is 1. The predicted octanol–water partition coefficient (Wildman–Crippen LogP) is 4.87. The highest BCUT2D eigenvalue weighted by Gasteiger charge is 2.26. The first-order valence-corrected chi connectivity index (χ1v) is 12.5. The second kappa shape index (κ2) is 11.0. The summed E-state index contributed by atoms with van der Waals surface area (Å²) in [4.78, 5) is 12.3. The van der Waals surface area contributed by atoms with Crippen LogP contribution in [0, 0.1) is 0 Å². The predicted molar refractivity (Wildman–Crippen MR) is 123 cm³/mol. The number of anilines is 1. The Labute approximate surface area is 189 Å². The third kappa shape index (κ3) is 6.45. The molecule has 2 aromatic rings. The molecule has 1 aliphatic heterocycles. The molecule has 3 rings (SSSR count). The van der Waals surface area contributed by atoms with Crippen LogP contribution < -0.4 is 10.1 Å². The molecule has 6 nitrogen and oxygen atoms in total. The number of nitrogens with zero attached hydrogens (tertiary/aromatic N) is 1. The molecule has 1 fully saturated rings. The monoisotopic (exact) mass is 464 g/mol. The zero-order chi connectivity index (χ0) is 22.3. The number of sulfonamides is 1. The number of aryl methyl sites for hydroxylation is 1. The molecule has 0 radical (unpaired) electrons. The number of benzene rings is 2. The lowest BCUT2D eigenvalue weighted by molar-refractivity contribution is -0.118. The molecular formula is C23H29ClN2O4S. The number of rotatable bonds is 9. The van der Waals surface area contributed by atoms with Crippen molar-refractivity contribution < 1.29 is 17.9 Å². The molecule has 1 N–H and O–H groups in total. The van der Waals surface area contributed by atoms with E-state index in [0.717, 1.165) is 38.5 Å². The van der Waals surface area contributed by atoms with Crippen molar-refractivity contribution in [2.24, 2.45) is 0 Å². The molecule has 31 heavy (non-hydrogen) atoms. The molecule has 2 aromatic carbocycles. The maximum atomic E-state index is 12.8. The van der Waals surface area contributed by atoms with E-state index in [0.29, 0.717) is 18.8 Å². The molecule has 0 atom stereocenters. The lowest BCUT2D eigenvalue weighted by atomic mass is 10.1. The number of ether oxygens (including phenoxy) is 1. The summed E-state index contributed by atoms with van der Waals surface area (Å²) in [6, 6.07) is 12.1. The highest BCUT2D eigenvalue weighted by Crippen LogP contribution is 2.29. The maximum Gasteiger partial charge on any atom is 0.262 e. The topological polar surface area (TPSA) is 75.7 Å². The zero-order valence-corrected chi connectivity index (χ0v) is 19.3. The summed E-state index contributed by atoms with van der Waals surface area (Å²) < 4.78 is 32.5. The molecule has 0 bridgehead atoms. The molecule has 1 saturated heterocycles. The normalized spacial score (nSPS) is 14.9. The van der Waals surface area contributed by atoms with E-state index < -0.39 is 10.0 Å². The van der Waals surface area contributed by atoms with Crippen molar-refractivity contribution in [1.82, 2.24) is 4.31 Å². The third-order valence-corrected chi connectivity index (χ3v) is 7.46. The molecule has 1 heterocycles. The Kier molecular flexibility index (Phi) is 8.35. The number of unbranched alkanes of at least 4 members (excludes halogenated alkanes) is 1. The van der Waals surface area contributed by atoms with Gasteiger partial charge in [-0.05, 0) is 61.6 Å². The third-order valence-electron chi connectivity index (χ3n) is 5.27. The Morgan fingerprint density at radius 3 is 2.45 bits per heavy atom.